The number of hydrogen-bond acceptors (Lipinski definition) is 6. The van der Waals surface area contributed by atoms with Gasteiger partial charge in [0.25, 0.3) is 5.56 Å². The third kappa shape index (κ3) is 4.26. The molecule has 1 N–H and O–H groups in total. The molecular weight excluding hydrogens is 406 g/mol. The first-order valence-corrected chi connectivity index (χ1v) is 10.8. The fraction of sp³-hybridized carbons (Fsp3) is 0.700. The summed E-state index contributed by atoms with van der Waals surface area (Å²) in [7, 11) is 3.22. The maximum atomic E-state index is 12.9. The number of aromatic nitrogens is 4. The van der Waals surface area contributed by atoms with E-state index in [1.54, 1.807) is 7.05 Å². The van der Waals surface area contributed by atoms with Gasteiger partial charge in [-0.15, -0.1) is 12.4 Å². The van der Waals surface area contributed by atoms with Crippen molar-refractivity contribution in [2.24, 2.45) is 19.1 Å². The molecule has 0 atom stereocenters. The number of nitrogens with zero attached hydrogens (tertiary/aromatic N) is 6. The number of halogens is 1. The molecule has 4 heterocycles. The van der Waals surface area contributed by atoms with Crippen molar-refractivity contribution < 1.29 is 0 Å². The number of nitrogens with one attached hydrogen (secondary N) is 1. The molecule has 2 aliphatic rings. The number of rotatable bonds is 5. The number of hydrogen-bond donors (Lipinski definition) is 1. The highest BCUT2D eigenvalue weighted by Crippen LogP contribution is 2.23. The third-order valence-corrected chi connectivity index (χ3v) is 5.98. The Hall–Kier alpha value is -2.29. The number of piperidine rings is 1. The Morgan fingerprint density at radius 2 is 1.77 bits per heavy atom. The van der Waals surface area contributed by atoms with Crippen molar-refractivity contribution in [2.75, 3.05) is 31.1 Å². The second kappa shape index (κ2) is 9.68. The topological polar surface area (TPSA) is 89.4 Å². The van der Waals surface area contributed by atoms with E-state index in [9.17, 15) is 9.59 Å². The summed E-state index contributed by atoms with van der Waals surface area (Å²) in [6.45, 7) is 4.27. The summed E-state index contributed by atoms with van der Waals surface area (Å²) in [6.07, 6.45) is 7.73. The molecule has 0 unspecified atom stereocenters. The summed E-state index contributed by atoms with van der Waals surface area (Å²) in [5.74, 6) is 1.91. The molecule has 4 rings (SSSR count). The van der Waals surface area contributed by atoms with E-state index in [0.29, 0.717) is 17.7 Å². The minimum atomic E-state index is -0.339. The molecule has 0 bridgehead atoms. The van der Waals surface area contributed by atoms with Crippen LogP contribution in [0.3, 0.4) is 0 Å². The van der Waals surface area contributed by atoms with Gasteiger partial charge in [0.05, 0.1) is 5.84 Å². The predicted octanol–water partition coefficient (Wildman–Crippen LogP) is 1.41. The molecular formula is C20H32ClN7O2. The average Bonchev–Trinajstić information content (AvgIpc) is 3.15. The predicted molar refractivity (Wildman–Crippen MR) is 122 cm³/mol. The fourth-order valence-electron chi connectivity index (χ4n) is 4.29. The minimum absolute atomic E-state index is 0. The molecule has 30 heavy (non-hydrogen) atoms. The van der Waals surface area contributed by atoms with Gasteiger partial charge in [0.15, 0.2) is 11.2 Å². The standard InChI is InChI=1S/C20H31N7O2.ClH/c1-24-17-16(18(28)25(2)20(24)29)27(19(23-17)26-12-6-3-7-13-26)14-8-11-22-15-9-4-5-10-21-15;/h3-14H2,1-2H3,(H,21,22);1H. The third-order valence-electron chi connectivity index (χ3n) is 5.98. The monoisotopic (exact) mass is 437 g/mol. The summed E-state index contributed by atoms with van der Waals surface area (Å²) in [4.78, 5) is 36.9. The minimum Gasteiger partial charge on any atom is -0.374 e. The van der Waals surface area contributed by atoms with Crippen LogP contribution in [0.1, 0.15) is 44.9 Å². The highest BCUT2D eigenvalue weighted by molar-refractivity contribution is 5.85. The maximum Gasteiger partial charge on any atom is 0.332 e. The lowest BCUT2D eigenvalue weighted by molar-refractivity contribution is 0.548. The van der Waals surface area contributed by atoms with E-state index >= 15 is 0 Å². The van der Waals surface area contributed by atoms with Crippen LogP contribution >= 0.6 is 12.4 Å². The fourth-order valence-corrected chi connectivity index (χ4v) is 4.29. The Labute approximate surface area is 182 Å². The molecule has 2 aliphatic heterocycles. The first-order valence-electron chi connectivity index (χ1n) is 10.8. The quantitative estimate of drug-likeness (QED) is 0.714. The Morgan fingerprint density at radius 1 is 1.00 bits per heavy atom. The van der Waals surface area contributed by atoms with Gasteiger partial charge in [-0.05, 0) is 38.5 Å². The van der Waals surface area contributed by atoms with Crippen LogP contribution in [-0.4, -0.2) is 50.7 Å². The van der Waals surface area contributed by atoms with E-state index in [1.807, 2.05) is 4.57 Å². The van der Waals surface area contributed by atoms with Crippen LogP contribution in [0.15, 0.2) is 14.6 Å². The van der Waals surface area contributed by atoms with Crippen LogP contribution in [0.25, 0.3) is 11.2 Å². The van der Waals surface area contributed by atoms with Gasteiger partial charge in [-0.3, -0.25) is 18.9 Å². The van der Waals surface area contributed by atoms with Crippen LogP contribution in [0.4, 0.5) is 5.95 Å². The lowest BCUT2D eigenvalue weighted by Gasteiger charge is -2.28. The van der Waals surface area contributed by atoms with Gasteiger partial charge in [0, 0.05) is 53.2 Å². The summed E-state index contributed by atoms with van der Waals surface area (Å²) in [5, 5.41) is 3.44. The Kier molecular flexibility index (Phi) is 7.23. The van der Waals surface area contributed by atoms with E-state index in [0.717, 1.165) is 63.6 Å². The van der Waals surface area contributed by atoms with Crippen LogP contribution in [0, 0.1) is 0 Å². The first kappa shape index (κ1) is 22.4. The van der Waals surface area contributed by atoms with Gasteiger partial charge in [0.1, 0.15) is 0 Å². The SMILES string of the molecule is Cl.Cn1c(=O)c2c(nc(N3CCCCC3)n2CCCNC2=NCCCC2)n(C)c1=O. The van der Waals surface area contributed by atoms with Gasteiger partial charge in [-0.1, -0.05) is 0 Å². The number of imidazole rings is 1. The smallest absolute Gasteiger partial charge is 0.332 e. The zero-order valence-corrected chi connectivity index (χ0v) is 18.7. The summed E-state index contributed by atoms with van der Waals surface area (Å²) >= 11 is 0. The van der Waals surface area contributed by atoms with Crippen LogP contribution in [-0.2, 0) is 20.6 Å². The second-order valence-corrected chi connectivity index (χ2v) is 8.05. The molecule has 0 spiro atoms. The number of aliphatic imine (C=N–C) groups is 1. The van der Waals surface area contributed by atoms with Crippen molar-refractivity contribution in [3.05, 3.63) is 20.8 Å². The molecule has 0 aliphatic carbocycles. The van der Waals surface area contributed by atoms with Gasteiger partial charge in [-0.25, -0.2) is 4.79 Å². The van der Waals surface area contributed by atoms with E-state index in [-0.39, 0.29) is 23.7 Å². The normalized spacial score (nSPS) is 17.0. The lowest BCUT2D eigenvalue weighted by atomic mass is 10.1. The number of aryl methyl sites for hydroxylation is 2. The molecule has 2 aromatic rings. The molecule has 1 fully saturated rings. The zero-order valence-electron chi connectivity index (χ0n) is 17.9. The maximum absolute atomic E-state index is 12.9. The molecule has 0 radical (unpaired) electrons. The summed E-state index contributed by atoms with van der Waals surface area (Å²) < 4.78 is 4.68. The van der Waals surface area contributed by atoms with E-state index < -0.39 is 0 Å². The molecule has 2 aromatic heterocycles. The van der Waals surface area contributed by atoms with Gasteiger partial charge in [-0.2, -0.15) is 4.98 Å². The summed E-state index contributed by atoms with van der Waals surface area (Å²) in [6, 6.07) is 0. The highest BCUT2D eigenvalue weighted by atomic mass is 35.5. The number of fused-ring (bicyclic) bond motifs is 1. The van der Waals surface area contributed by atoms with Crippen molar-refractivity contribution in [1.82, 2.24) is 24.0 Å². The van der Waals surface area contributed by atoms with Crippen LogP contribution in [0.5, 0.6) is 0 Å². The molecule has 0 amide bonds. The Morgan fingerprint density at radius 3 is 2.47 bits per heavy atom. The van der Waals surface area contributed by atoms with Gasteiger partial charge in [0.2, 0.25) is 5.95 Å². The molecule has 1 saturated heterocycles. The Bertz CT molecular complexity index is 1030. The highest BCUT2D eigenvalue weighted by Gasteiger charge is 2.23. The Balaban J connectivity index is 0.00000256. The van der Waals surface area contributed by atoms with Crippen molar-refractivity contribution >= 4 is 35.4 Å². The number of anilines is 1. The largest absolute Gasteiger partial charge is 0.374 e. The first-order chi connectivity index (χ1) is 14.1. The number of amidine groups is 1. The van der Waals surface area contributed by atoms with Crippen LogP contribution < -0.4 is 21.5 Å². The van der Waals surface area contributed by atoms with Crippen molar-refractivity contribution in [2.45, 2.75) is 51.5 Å². The molecule has 0 aromatic carbocycles. The molecule has 0 saturated carbocycles. The average molecular weight is 438 g/mol. The van der Waals surface area contributed by atoms with Crippen molar-refractivity contribution in [3.63, 3.8) is 0 Å². The second-order valence-electron chi connectivity index (χ2n) is 8.05. The van der Waals surface area contributed by atoms with E-state index in [2.05, 4.69) is 15.2 Å². The van der Waals surface area contributed by atoms with Crippen molar-refractivity contribution in [1.29, 1.82) is 0 Å². The lowest BCUT2D eigenvalue weighted by Crippen LogP contribution is -2.37. The van der Waals surface area contributed by atoms with E-state index in [1.165, 1.54) is 35.4 Å². The van der Waals surface area contributed by atoms with Crippen molar-refractivity contribution in [3.8, 4) is 0 Å². The zero-order chi connectivity index (χ0) is 20.4. The molecule has 166 valence electrons. The molecule has 9 nitrogen and oxygen atoms in total. The van der Waals surface area contributed by atoms with Gasteiger partial charge < -0.3 is 14.8 Å². The molecule has 10 heteroatoms. The summed E-state index contributed by atoms with van der Waals surface area (Å²) in [5.41, 5.74) is 0.381. The van der Waals surface area contributed by atoms with Crippen LogP contribution in [0.2, 0.25) is 0 Å². The van der Waals surface area contributed by atoms with Gasteiger partial charge >= 0.3 is 5.69 Å². The van der Waals surface area contributed by atoms with E-state index in [4.69, 9.17) is 4.98 Å².